The normalized spacial score (nSPS) is 32.5. The van der Waals surface area contributed by atoms with E-state index in [1.165, 1.54) is 18.1 Å². The standard InChI is InChI=1S/C24H29N3O8/c1-26(2)18-13-8-11-7-12-10(9-27(3)35-4)5-6-14(28)16(12)19(29)15(11)21(31)24(13,34)22(32)17(20(18)30)23(25)33/h5-6,11,13,15,17-18,28,34H,7-9H2,1-4H3,(H2,25,33)/t11-,13-,15?,17?,18-,24-/m0/s1. The van der Waals surface area contributed by atoms with E-state index in [4.69, 9.17) is 10.6 Å². The maximum atomic E-state index is 13.7. The van der Waals surface area contributed by atoms with Crippen LogP contribution in [0.4, 0.5) is 0 Å². The van der Waals surface area contributed by atoms with Gasteiger partial charge in [-0.25, -0.2) is 0 Å². The molecule has 1 amide bonds. The van der Waals surface area contributed by atoms with E-state index in [1.807, 2.05) is 0 Å². The molecule has 0 aliphatic heterocycles. The lowest BCUT2D eigenvalue weighted by Gasteiger charge is -2.52. The second-order valence-electron chi connectivity index (χ2n) is 9.86. The Morgan fingerprint density at radius 2 is 1.83 bits per heavy atom. The monoisotopic (exact) mass is 487 g/mol. The van der Waals surface area contributed by atoms with Crippen LogP contribution < -0.4 is 5.73 Å². The molecule has 4 rings (SSSR count). The molecule has 3 aliphatic carbocycles. The van der Waals surface area contributed by atoms with Crippen LogP contribution in [0.15, 0.2) is 12.1 Å². The molecule has 2 fully saturated rings. The van der Waals surface area contributed by atoms with E-state index < -0.39 is 64.4 Å². The van der Waals surface area contributed by atoms with Crippen molar-refractivity contribution in [2.75, 3.05) is 28.3 Å². The highest BCUT2D eigenvalue weighted by molar-refractivity contribution is 6.32. The van der Waals surface area contributed by atoms with Crippen LogP contribution in [0.5, 0.6) is 5.75 Å². The minimum absolute atomic E-state index is 0.0130. The van der Waals surface area contributed by atoms with Crippen molar-refractivity contribution in [1.82, 2.24) is 9.96 Å². The number of amides is 1. The van der Waals surface area contributed by atoms with E-state index in [-0.39, 0.29) is 24.2 Å². The largest absolute Gasteiger partial charge is 0.507 e. The van der Waals surface area contributed by atoms with Crippen molar-refractivity contribution < 1.29 is 39.0 Å². The second kappa shape index (κ2) is 8.59. The summed E-state index contributed by atoms with van der Waals surface area (Å²) in [6.07, 6.45) is 0.228. The van der Waals surface area contributed by atoms with Crippen LogP contribution in [0.1, 0.15) is 27.9 Å². The van der Waals surface area contributed by atoms with E-state index >= 15 is 0 Å². The lowest BCUT2D eigenvalue weighted by atomic mass is 9.52. The number of nitrogens with two attached hydrogens (primary N) is 1. The summed E-state index contributed by atoms with van der Waals surface area (Å²) in [7, 11) is 6.29. The van der Waals surface area contributed by atoms with Crippen LogP contribution in [-0.4, -0.2) is 89.1 Å². The van der Waals surface area contributed by atoms with Gasteiger partial charge in [0, 0.05) is 19.5 Å². The fourth-order valence-electron chi connectivity index (χ4n) is 6.12. The molecule has 11 nitrogen and oxygen atoms in total. The summed E-state index contributed by atoms with van der Waals surface area (Å²) in [5.74, 6) is -10.5. The number of rotatable bonds is 5. The van der Waals surface area contributed by atoms with Gasteiger partial charge in [0.25, 0.3) is 0 Å². The number of primary amides is 1. The number of ketones is 4. The topological polar surface area (TPSA) is 168 Å². The van der Waals surface area contributed by atoms with Crippen molar-refractivity contribution in [2.45, 2.75) is 31.0 Å². The number of likely N-dealkylation sites (N-methyl/N-ethyl adjacent to an activating group) is 1. The predicted octanol–water partition coefficient (Wildman–Crippen LogP) is -1.14. The minimum atomic E-state index is -2.72. The number of phenols is 1. The Hall–Kier alpha value is -2.99. The summed E-state index contributed by atoms with van der Waals surface area (Å²) in [4.78, 5) is 72.3. The van der Waals surface area contributed by atoms with E-state index in [0.717, 1.165) is 5.56 Å². The van der Waals surface area contributed by atoms with E-state index in [0.29, 0.717) is 12.1 Å². The Morgan fingerprint density at radius 1 is 1.17 bits per heavy atom. The second-order valence-corrected chi connectivity index (χ2v) is 9.86. The number of carbonyl (C=O) groups excluding carboxylic acids is 5. The molecule has 2 unspecified atom stereocenters. The number of benzene rings is 1. The Bertz CT molecular complexity index is 1150. The number of aliphatic hydroxyl groups is 1. The number of fused-ring (bicyclic) bond motifs is 3. The third-order valence-corrected chi connectivity index (χ3v) is 7.75. The van der Waals surface area contributed by atoms with Gasteiger partial charge in [-0.15, -0.1) is 0 Å². The third kappa shape index (κ3) is 3.53. The molecule has 1 aromatic carbocycles. The van der Waals surface area contributed by atoms with Gasteiger partial charge in [-0.3, -0.25) is 28.9 Å². The van der Waals surface area contributed by atoms with Crippen LogP contribution >= 0.6 is 0 Å². The molecule has 11 heteroatoms. The molecule has 2 saturated carbocycles. The summed E-state index contributed by atoms with van der Waals surface area (Å²) in [6.45, 7) is 0.308. The van der Waals surface area contributed by atoms with Crippen LogP contribution in [-0.2, 0) is 37.0 Å². The number of aromatic hydroxyl groups is 1. The quantitative estimate of drug-likeness (QED) is 0.341. The molecule has 188 valence electrons. The van der Waals surface area contributed by atoms with Gasteiger partial charge in [-0.1, -0.05) is 6.07 Å². The van der Waals surface area contributed by atoms with Gasteiger partial charge in [-0.2, -0.15) is 5.06 Å². The summed E-state index contributed by atoms with van der Waals surface area (Å²) < 4.78 is 0. The van der Waals surface area contributed by atoms with Crippen LogP contribution in [0.2, 0.25) is 0 Å². The highest BCUT2D eigenvalue weighted by Gasteiger charge is 2.69. The minimum Gasteiger partial charge on any atom is -0.507 e. The van der Waals surface area contributed by atoms with Gasteiger partial charge in [0.2, 0.25) is 5.91 Å². The predicted molar refractivity (Wildman–Crippen MR) is 120 cm³/mol. The molecule has 1 aromatic rings. The first kappa shape index (κ1) is 25.1. The molecular formula is C24H29N3O8. The van der Waals surface area contributed by atoms with Crippen LogP contribution in [0.3, 0.4) is 0 Å². The average Bonchev–Trinajstić information content (AvgIpc) is 2.77. The van der Waals surface area contributed by atoms with Crippen molar-refractivity contribution >= 4 is 29.0 Å². The first-order chi connectivity index (χ1) is 16.4. The van der Waals surface area contributed by atoms with Gasteiger partial charge in [0.05, 0.1) is 24.6 Å². The first-order valence-electron chi connectivity index (χ1n) is 11.3. The first-order valence-corrected chi connectivity index (χ1v) is 11.3. The number of phenolic OH excluding ortho intramolecular Hbond substituents is 1. The molecular weight excluding hydrogens is 458 g/mol. The van der Waals surface area contributed by atoms with Crippen LogP contribution in [0.25, 0.3) is 0 Å². The van der Waals surface area contributed by atoms with Gasteiger partial charge in [0.1, 0.15) is 5.75 Å². The van der Waals surface area contributed by atoms with E-state index in [9.17, 15) is 34.2 Å². The molecule has 0 spiro atoms. The van der Waals surface area contributed by atoms with Crippen molar-refractivity contribution in [3.63, 3.8) is 0 Å². The van der Waals surface area contributed by atoms with E-state index in [2.05, 4.69) is 0 Å². The number of hydroxylamine groups is 2. The fraction of sp³-hybridized carbons (Fsp3) is 0.542. The number of nitrogens with zero attached hydrogens (tertiary/aromatic N) is 2. The fourth-order valence-corrected chi connectivity index (χ4v) is 6.12. The Morgan fingerprint density at radius 3 is 2.40 bits per heavy atom. The van der Waals surface area contributed by atoms with Gasteiger partial charge in [0.15, 0.2) is 34.7 Å². The summed E-state index contributed by atoms with van der Waals surface area (Å²) in [5.41, 5.74) is 3.84. The van der Waals surface area contributed by atoms with Crippen molar-refractivity contribution in [3.05, 3.63) is 28.8 Å². The Labute approximate surface area is 201 Å². The molecule has 0 bridgehead atoms. The maximum absolute atomic E-state index is 13.7. The average molecular weight is 488 g/mol. The molecule has 35 heavy (non-hydrogen) atoms. The molecule has 3 aliphatic rings. The lowest BCUT2D eigenvalue weighted by Crippen LogP contribution is -2.74. The Balaban J connectivity index is 1.85. The van der Waals surface area contributed by atoms with Gasteiger partial charge < -0.3 is 20.8 Å². The smallest absolute Gasteiger partial charge is 0.235 e. The number of hydrogen-bond acceptors (Lipinski definition) is 10. The molecule has 0 aromatic heterocycles. The molecule has 6 atom stereocenters. The zero-order valence-electron chi connectivity index (χ0n) is 20.0. The molecule has 0 radical (unpaired) electrons. The zero-order valence-corrected chi connectivity index (χ0v) is 20.0. The number of hydrogen-bond donors (Lipinski definition) is 3. The van der Waals surface area contributed by atoms with Crippen molar-refractivity contribution in [1.29, 1.82) is 0 Å². The zero-order chi connectivity index (χ0) is 26.0. The number of Topliss-reactive ketones (excluding diaryl/α,β-unsaturated/α-hetero) is 4. The SMILES string of the molecule is CON(C)Cc1ccc(O)c2c1C[C@H]1C[C@H]3[C@H](N(C)C)C(=O)C(C(N)=O)C(=O)[C@@]3(O)C(=O)C1C2=O. The summed E-state index contributed by atoms with van der Waals surface area (Å²) >= 11 is 0. The van der Waals surface area contributed by atoms with Crippen molar-refractivity contribution in [3.8, 4) is 5.75 Å². The van der Waals surface area contributed by atoms with Gasteiger partial charge >= 0.3 is 0 Å². The lowest BCUT2D eigenvalue weighted by molar-refractivity contribution is -0.181. The highest BCUT2D eigenvalue weighted by Crippen LogP contribution is 2.51. The maximum Gasteiger partial charge on any atom is 0.235 e. The van der Waals surface area contributed by atoms with E-state index in [1.54, 1.807) is 32.3 Å². The summed E-state index contributed by atoms with van der Waals surface area (Å²) in [5, 5.41) is 23.6. The highest BCUT2D eigenvalue weighted by atomic mass is 16.7. The van der Waals surface area contributed by atoms with Crippen LogP contribution in [0, 0.1) is 23.7 Å². The third-order valence-electron chi connectivity index (χ3n) is 7.75. The molecule has 4 N–H and O–H groups in total. The van der Waals surface area contributed by atoms with Crippen molar-refractivity contribution in [2.24, 2.45) is 29.4 Å². The Kier molecular flexibility index (Phi) is 6.17. The van der Waals surface area contributed by atoms with Gasteiger partial charge in [-0.05, 0) is 50.0 Å². The molecule has 0 heterocycles. The number of carbonyl (C=O) groups is 5. The molecule has 0 saturated heterocycles. The summed E-state index contributed by atoms with van der Waals surface area (Å²) in [6, 6.07) is 1.90.